The van der Waals surface area contributed by atoms with Crippen LogP contribution in [0.4, 0.5) is 0 Å². The van der Waals surface area contributed by atoms with Crippen molar-refractivity contribution in [2.75, 3.05) is 19.7 Å². The van der Waals surface area contributed by atoms with E-state index in [9.17, 15) is 4.79 Å². The number of hydrogen-bond donors (Lipinski definition) is 0. The Morgan fingerprint density at radius 1 is 1.32 bits per heavy atom. The summed E-state index contributed by atoms with van der Waals surface area (Å²) < 4.78 is 9.37. The van der Waals surface area contributed by atoms with E-state index in [4.69, 9.17) is 4.74 Å². The minimum absolute atomic E-state index is 0.00785. The molecule has 9 nitrogen and oxygen atoms in total. The normalized spacial score (nSPS) is 18.0. The molecule has 0 unspecified atom stereocenters. The lowest BCUT2D eigenvalue weighted by molar-refractivity contribution is -0.140. The van der Waals surface area contributed by atoms with Gasteiger partial charge in [-0.05, 0) is 19.1 Å². The molecule has 0 saturated carbocycles. The van der Waals surface area contributed by atoms with Crippen molar-refractivity contribution in [3.8, 4) is 0 Å². The lowest BCUT2D eigenvalue weighted by atomic mass is 10.2. The van der Waals surface area contributed by atoms with E-state index in [0.717, 1.165) is 23.4 Å². The van der Waals surface area contributed by atoms with E-state index in [-0.39, 0.29) is 18.6 Å². The Kier molecular flexibility index (Phi) is 4.14. The van der Waals surface area contributed by atoms with Crippen molar-refractivity contribution < 1.29 is 9.53 Å². The molecule has 2 aromatic heterocycles. The van der Waals surface area contributed by atoms with E-state index in [1.165, 1.54) is 0 Å². The second-order valence-electron chi connectivity index (χ2n) is 5.91. The molecule has 3 heterocycles. The number of carbonyl (C=O) groups is 1. The quantitative estimate of drug-likeness (QED) is 0.692. The van der Waals surface area contributed by atoms with Crippen molar-refractivity contribution in [2.24, 2.45) is 0 Å². The molecule has 0 radical (unpaired) electrons. The zero-order valence-corrected chi connectivity index (χ0v) is 13.9. The van der Waals surface area contributed by atoms with Crippen LogP contribution < -0.4 is 0 Å². The molecule has 1 atom stereocenters. The number of ether oxygens (including phenoxy) is 1. The Morgan fingerprint density at radius 3 is 3.08 bits per heavy atom. The van der Waals surface area contributed by atoms with Crippen LogP contribution in [0.5, 0.6) is 0 Å². The van der Waals surface area contributed by atoms with E-state index in [2.05, 4.69) is 20.5 Å². The minimum Gasteiger partial charge on any atom is -0.366 e. The molecule has 1 saturated heterocycles. The van der Waals surface area contributed by atoms with Crippen molar-refractivity contribution in [3.05, 3.63) is 36.4 Å². The number of aryl methyl sites for hydroxylation is 1. The van der Waals surface area contributed by atoms with Gasteiger partial charge in [0.1, 0.15) is 24.5 Å². The van der Waals surface area contributed by atoms with Crippen LogP contribution in [0.25, 0.3) is 11.0 Å². The Balaban J connectivity index is 1.48. The molecule has 4 rings (SSSR count). The molecule has 25 heavy (non-hydrogen) atoms. The fourth-order valence-electron chi connectivity index (χ4n) is 3.05. The third-order valence-electron chi connectivity index (χ3n) is 4.40. The summed E-state index contributed by atoms with van der Waals surface area (Å²) in [6, 6.07) is 7.61. The van der Waals surface area contributed by atoms with Crippen LogP contribution in [0.15, 0.2) is 30.6 Å². The summed E-state index contributed by atoms with van der Waals surface area (Å²) in [6.45, 7) is 4.45. The van der Waals surface area contributed by atoms with Gasteiger partial charge in [-0.25, -0.2) is 4.68 Å². The maximum absolute atomic E-state index is 12.7. The number of amides is 1. The molecule has 0 bridgehead atoms. The molecular weight excluding hydrogens is 322 g/mol. The number of aromatic nitrogens is 6. The van der Waals surface area contributed by atoms with Gasteiger partial charge in [0.15, 0.2) is 5.82 Å². The number of fused-ring (bicyclic) bond motifs is 1. The Bertz CT molecular complexity index is 887. The molecule has 1 aliphatic heterocycles. The van der Waals surface area contributed by atoms with Gasteiger partial charge in [-0.2, -0.15) is 0 Å². The maximum Gasteiger partial charge on any atom is 0.244 e. The Labute approximate surface area is 144 Å². The van der Waals surface area contributed by atoms with Gasteiger partial charge >= 0.3 is 0 Å². The maximum atomic E-state index is 12.7. The second kappa shape index (κ2) is 6.60. The summed E-state index contributed by atoms with van der Waals surface area (Å²) in [5.41, 5.74) is 1.64. The van der Waals surface area contributed by atoms with Gasteiger partial charge in [-0.1, -0.05) is 17.3 Å². The van der Waals surface area contributed by atoms with Crippen molar-refractivity contribution in [1.82, 2.24) is 34.7 Å². The number of morpholine rings is 1. The van der Waals surface area contributed by atoms with E-state index in [0.29, 0.717) is 19.7 Å². The zero-order chi connectivity index (χ0) is 17.2. The third kappa shape index (κ3) is 2.98. The van der Waals surface area contributed by atoms with Gasteiger partial charge in [0.2, 0.25) is 5.91 Å². The summed E-state index contributed by atoms with van der Waals surface area (Å²) >= 11 is 0. The fraction of sp³-hybridized carbons (Fsp3) is 0.438. The SMILES string of the molecule is CCn1cnnc1[C@@H]1CN(C(=O)Cn2nnc3ccccc32)CCO1. The largest absolute Gasteiger partial charge is 0.366 e. The van der Waals surface area contributed by atoms with Crippen molar-refractivity contribution in [3.63, 3.8) is 0 Å². The average molecular weight is 341 g/mol. The van der Waals surface area contributed by atoms with Gasteiger partial charge in [-0.3, -0.25) is 4.79 Å². The number of rotatable bonds is 4. The first-order chi connectivity index (χ1) is 12.3. The summed E-state index contributed by atoms with van der Waals surface area (Å²) in [6.07, 6.45) is 1.42. The second-order valence-corrected chi connectivity index (χ2v) is 5.91. The number of nitrogens with zero attached hydrogens (tertiary/aromatic N) is 7. The molecule has 0 aliphatic carbocycles. The van der Waals surface area contributed by atoms with Gasteiger partial charge in [0.05, 0.1) is 18.7 Å². The van der Waals surface area contributed by atoms with Crippen LogP contribution in [0.3, 0.4) is 0 Å². The molecule has 1 amide bonds. The Morgan fingerprint density at radius 2 is 2.20 bits per heavy atom. The molecule has 0 N–H and O–H groups in total. The standard InChI is InChI=1S/C16H19N7O2/c1-2-21-11-17-19-16(21)14-9-22(7-8-25-14)15(24)10-23-13-6-4-3-5-12(13)18-20-23/h3-6,11,14H,2,7-10H2,1H3/t14-/m0/s1. The van der Waals surface area contributed by atoms with Gasteiger partial charge < -0.3 is 14.2 Å². The van der Waals surface area contributed by atoms with E-state index in [1.807, 2.05) is 35.8 Å². The lowest BCUT2D eigenvalue weighted by Crippen LogP contribution is -2.44. The summed E-state index contributed by atoms with van der Waals surface area (Å²) in [5.74, 6) is 0.748. The first kappa shape index (κ1) is 15.7. The van der Waals surface area contributed by atoms with E-state index < -0.39 is 0 Å². The van der Waals surface area contributed by atoms with Crippen LogP contribution in [0, 0.1) is 0 Å². The van der Waals surface area contributed by atoms with Crippen molar-refractivity contribution in [2.45, 2.75) is 26.1 Å². The van der Waals surface area contributed by atoms with E-state index in [1.54, 1.807) is 15.9 Å². The topological polar surface area (TPSA) is 91.0 Å². The van der Waals surface area contributed by atoms with Crippen LogP contribution in [-0.2, 0) is 22.6 Å². The van der Waals surface area contributed by atoms with Crippen LogP contribution in [0.1, 0.15) is 18.9 Å². The third-order valence-corrected chi connectivity index (χ3v) is 4.40. The summed E-state index contributed by atoms with van der Waals surface area (Å²) in [5, 5.41) is 16.3. The highest BCUT2D eigenvalue weighted by molar-refractivity contribution is 5.79. The van der Waals surface area contributed by atoms with Crippen molar-refractivity contribution >= 4 is 16.9 Å². The molecule has 0 spiro atoms. The molecule has 1 aliphatic rings. The average Bonchev–Trinajstić information content (AvgIpc) is 3.29. The highest BCUT2D eigenvalue weighted by Gasteiger charge is 2.28. The number of carbonyl (C=O) groups excluding carboxylic acids is 1. The highest BCUT2D eigenvalue weighted by atomic mass is 16.5. The predicted octanol–water partition coefficient (Wildman–Crippen LogP) is 0.643. The molecular formula is C16H19N7O2. The molecule has 9 heteroatoms. The number of para-hydroxylation sites is 1. The van der Waals surface area contributed by atoms with Gasteiger partial charge in [-0.15, -0.1) is 15.3 Å². The number of hydrogen-bond acceptors (Lipinski definition) is 6. The first-order valence-corrected chi connectivity index (χ1v) is 8.31. The highest BCUT2D eigenvalue weighted by Crippen LogP contribution is 2.21. The van der Waals surface area contributed by atoms with Crippen molar-refractivity contribution in [1.29, 1.82) is 0 Å². The summed E-state index contributed by atoms with van der Waals surface area (Å²) in [7, 11) is 0. The van der Waals surface area contributed by atoms with Gasteiger partial charge in [0.25, 0.3) is 0 Å². The van der Waals surface area contributed by atoms with Gasteiger partial charge in [0, 0.05) is 13.1 Å². The number of benzene rings is 1. The van der Waals surface area contributed by atoms with Crippen LogP contribution in [-0.4, -0.2) is 60.3 Å². The monoisotopic (exact) mass is 341 g/mol. The molecule has 1 fully saturated rings. The summed E-state index contributed by atoms with van der Waals surface area (Å²) in [4.78, 5) is 14.5. The lowest BCUT2D eigenvalue weighted by Gasteiger charge is -2.32. The van der Waals surface area contributed by atoms with Crippen LogP contribution >= 0.6 is 0 Å². The molecule has 3 aromatic rings. The zero-order valence-electron chi connectivity index (χ0n) is 13.9. The molecule has 1 aromatic carbocycles. The fourth-order valence-corrected chi connectivity index (χ4v) is 3.05. The van der Waals surface area contributed by atoms with E-state index >= 15 is 0 Å². The first-order valence-electron chi connectivity index (χ1n) is 8.31. The predicted molar refractivity (Wildman–Crippen MR) is 88.5 cm³/mol. The Hall–Kier alpha value is -2.81. The minimum atomic E-state index is -0.257. The van der Waals surface area contributed by atoms with Crippen LogP contribution in [0.2, 0.25) is 0 Å². The smallest absolute Gasteiger partial charge is 0.244 e. The molecule has 130 valence electrons.